The van der Waals surface area contributed by atoms with Gasteiger partial charge >= 0.3 is 6.03 Å². The number of hydrogen-bond donors (Lipinski definition) is 3. The molecule has 0 saturated carbocycles. The fraction of sp³-hybridized carbons (Fsp3) is 0.133. The van der Waals surface area contributed by atoms with Gasteiger partial charge in [0.25, 0.3) is 0 Å². The summed E-state index contributed by atoms with van der Waals surface area (Å²) in [4.78, 5) is 11.8. The molecule has 122 valence electrons. The molecule has 0 spiro atoms. The van der Waals surface area contributed by atoms with Gasteiger partial charge in [-0.2, -0.15) is 0 Å². The van der Waals surface area contributed by atoms with Gasteiger partial charge in [0.1, 0.15) is 5.75 Å². The lowest BCUT2D eigenvalue weighted by atomic mass is 10.2. The van der Waals surface area contributed by atoms with E-state index in [9.17, 15) is 13.2 Å². The van der Waals surface area contributed by atoms with Crippen molar-refractivity contribution in [2.45, 2.75) is 11.4 Å². The van der Waals surface area contributed by atoms with Crippen LogP contribution in [-0.2, 0) is 16.6 Å². The molecule has 2 aromatic carbocycles. The van der Waals surface area contributed by atoms with E-state index in [4.69, 9.17) is 9.88 Å². The molecule has 0 aromatic heterocycles. The molecule has 0 radical (unpaired) electrons. The smallest absolute Gasteiger partial charge is 0.319 e. The third kappa shape index (κ3) is 4.97. The molecule has 0 aliphatic heterocycles. The van der Waals surface area contributed by atoms with Gasteiger partial charge in [-0.15, -0.1) is 0 Å². The first-order valence-corrected chi connectivity index (χ1v) is 8.24. The standard InChI is InChI=1S/C15H17N3O4S/c1-22-13-4-2-3-11(9-13)10-17-15(19)18-12-5-7-14(8-6-12)23(16,20)21/h2-9H,10H2,1H3,(H2,16,20,21)(H2,17,18,19). The number of hydrogen-bond acceptors (Lipinski definition) is 4. The number of carbonyl (C=O) groups excluding carboxylic acids is 1. The topological polar surface area (TPSA) is 111 Å². The molecule has 2 amide bonds. The average Bonchev–Trinajstić information content (AvgIpc) is 2.53. The van der Waals surface area contributed by atoms with Crippen molar-refractivity contribution in [2.75, 3.05) is 12.4 Å². The number of methoxy groups -OCH3 is 1. The SMILES string of the molecule is COc1cccc(CNC(=O)Nc2ccc(S(N)(=O)=O)cc2)c1. The van der Waals surface area contributed by atoms with Gasteiger partial charge in [-0.25, -0.2) is 18.4 Å². The lowest BCUT2D eigenvalue weighted by Crippen LogP contribution is -2.28. The van der Waals surface area contributed by atoms with E-state index in [1.807, 2.05) is 24.3 Å². The van der Waals surface area contributed by atoms with Gasteiger partial charge in [0.15, 0.2) is 0 Å². The quantitative estimate of drug-likeness (QED) is 0.771. The van der Waals surface area contributed by atoms with Crippen LogP contribution >= 0.6 is 0 Å². The minimum atomic E-state index is -3.74. The Balaban J connectivity index is 1.92. The number of benzene rings is 2. The third-order valence-corrected chi connectivity index (χ3v) is 3.96. The molecule has 8 heteroatoms. The Morgan fingerprint density at radius 2 is 1.87 bits per heavy atom. The summed E-state index contributed by atoms with van der Waals surface area (Å²) in [5.41, 5.74) is 1.35. The van der Waals surface area contributed by atoms with Gasteiger partial charge < -0.3 is 15.4 Å². The Hall–Kier alpha value is -2.58. The maximum atomic E-state index is 11.8. The lowest BCUT2D eigenvalue weighted by molar-refractivity contribution is 0.251. The second-order valence-corrected chi connectivity index (χ2v) is 6.29. The zero-order chi connectivity index (χ0) is 16.9. The molecular weight excluding hydrogens is 318 g/mol. The second kappa shape index (κ2) is 7.12. The summed E-state index contributed by atoms with van der Waals surface area (Å²) in [7, 11) is -2.17. The van der Waals surface area contributed by atoms with E-state index < -0.39 is 16.1 Å². The first-order valence-electron chi connectivity index (χ1n) is 6.69. The van der Waals surface area contributed by atoms with Crippen LogP contribution in [0.2, 0.25) is 0 Å². The summed E-state index contributed by atoms with van der Waals surface area (Å²) in [5, 5.41) is 10.3. The first kappa shape index (κ1) is 16.8. The molecule has 4 N–H and O–H groups in total. The van der Waals surface area contributed by atoms with Crippen LogP contribution in [0.4, 0.5) is 10.5 Å². The van der Waals surface area contributed by atoms with Gasteiger partial charge in [-0.05, 0) is 42.0 Å². The summed E-state index contributed by atoms with van der Waals surface area (Å²) >= 11 is 0. The Kier molecular flexibility index (Phi) is 5.20. The lowest BCUT2D eigenvalue weighted by Gasteiger charge is -2.09. The predicted molar refractivity (Wildman–Crippen MR) is 86.7 cm³/mol. The summed E-state index contributed by atoms with van der Waals surface area (Å²) < 4.78 is 27.4. The van der Waals surface area contributed by atoms with Gasteiger partial charge in [0, 0.05) is 12.2 Å². The Morgan fingerprint density at radius 3 is 2.48 bits per heavy atom. The molecular formula is C15H17N3O4S. The highest BCUT2D eigenvalue weighted by atomic mass is 32.2. The van der Waals surface area contributed by atoms with Crippen LogP contribution in [0.5, 0.6) is 5.75 Å². The monoisotopic (exact) mass is 335 g/mol. The fourth-order valence-electron chi connectivity index (χ4n) is 1.87. The number of nitrogens with two attached hydrogens (primary N) is 1. The number of primary sulfonamides is 1. The fourth-order valence-corrected chi connectivity index (χ4v) is 2.38. The van der Waals surface area contributed by atoms with E-state index in [1.165, 1.54) is 24.3 Å². The molecule has 0 heterocycles. The molecule has 23 heavy (non-hydrogen) atoms. The van der Waals surface area contributed by atoms with Crippen LogP contribution in [0.1, 0.15) is 5.56 Å². The number of anilines is 1. The molecule has 0 atom stereocenters. The molecule has 0 saturated heterocycles. The minimum absolute atomic E-state index is 0.0140. The van der Waals surface area contributed by atoms with Crippen molar-refractivity contribution < 1.29 is 17.9 Å². The van der Waals surface area contributed by atoms with Crippen LogP contribution in [0.3, 0.4) is 0 Å². The molecule has 2 rings (SSSR count). The van der Waals surface area contributed by atoms with Gasteiger partial charge in [-0.1, -0.05) is 12.1 Å². The summed E-state index contributed by atoms with van der Waals surface area (Å²) in [6.45, 7) is 0.332. The van der Waals surface area contributed by atoms with Gasteiger partial charge in [-0.3, -0.25) is 0 Å². The highest BCUT2D eigenvalue weighted by Crippen LogP contribution is 2.13. The van der Waals surface area contributed by atoms with E-state index in [0.717, 1.165) is 5.56 Å². The van der Waals surface area contributed by atoms with Crippen molar-refractivity contribution in [3.63, 3.8) is 0 Å². The third-order valence-electron chi connectivity index (χ3n) is 3.03. The van der Waals surface area contributed by atoms with Crippen molar-refractivity contribution in [1.82, 2.24) is 5.32 Å². The average molecular weight is 335 g/mol. The van der Waals surface area contributed by atoms with E-state index in [-0.39, 0.29) is 4.90 Å². The van der Waals surface area contributed by atoms with Crippen LogP contribution < -0.4 is 20.5 Å². The van der Waals surface area contributed by atoms with E-state index >= 15 is 0 Å². The summed E-state index contributed by atoms with van der Waals surface area (Å²) in [6.07, 6.45) is 0. The van der Waals surface area contributed by atoms with Crippen LogP contribution in [-0.4, -0.2) is 21.6 Å². The molecule has 0 fully saturated rings. The van der Waals surface area contributed by atoms with Crippen LogP contribution in [0.25, 0.3) is 0 Å². The predicted octanol–water partition coefficient (Wildman–Crippen LogP) is 1.66. The van der Waals surface area contributed by atoms with Crippen molar-refractivity contribution in [3.8, 4) is 5.75 Å². The zero-order valence-corrected chi connectivity index (χ0v) is 13.3. The van der Waals surface area contributed by atoms with Crippen molar-refractivity contribution in [2.24, 2.45) is 5.14 Å². The first-order chi connectivity index (χ1) is 10.9. The normalized spacial score (nSPS) is 10.9. The van der Waals surface area contributed by atoms with Crippen LogP contribution in [0, 0.1) is 0 Å². The maximum Gasteiger partial charge on any atom is 0.319 e. The number of sulfonamides is 1. The number of nitrogens with one attached hydrogen (secondary N) is 2. The second-order valence-electron chi connectivity index (χ2n) is 4.73. The van der Waals surface area contributed by atoms with Crippen LogP contribution in [0.15, 0.2) is 53.4 Å². The molecule has 7 nitrogen and oxygen atoms in total. The zero-order valence-electron chi connectivity index (χ0n) is 12.4. The van der Waals surface area contributed by atoms with E-state index in [2.05, 4.69) is 10.6 Å². The van der Waals surface area contributed by atoms with Crippen molar-refractivity contribution in [3.05, 3.63) is 54.1 Å². The molecule has 2 aromatic rings. The molecule has 0 aliphatic carbocycles. The summed E-state index contributed by atoms with van der Waals surface area (Å²) in [5.74, 6) is 0.711. The Bertz CT molecular complexity index is 789. The van der Waals surface area contributed by atoms with E-state index in [1.54, 1.807) is 7.11 Å². The largest absolute Gasteiger partial charge is 0.497 e. The number of ether oxygens (including phenoxy) is 1. The van der Waals surface area contributed by atoms with Crippen molar-refractivity contribution in [1.29, 1.82) is 0 Å². The molecule has 0 aliphatic rings. The minimum Gasteiger partial charge on any atom is -0.497 e. The molecule has 0 unspecified atom stereocenters. The Labute approximate surface area is 134 Å². The van der Waals surface area contributed by atoms with Crippen molar-refractivity contribution >= 4 is 21.7 Å². The van der Waals surface area contributed by atoms with Gasteiger partial charge in [0.05, 0.1) is 12.0 Å². The number of amides is 2. The number of rotatable bonds is 5. The highest BCUT2D eigenvalue weighted by Gasteiger charge is 2.08. The Morgan fingerprint density at radius 1 is 1.17 bits per heavy atom. The number of carbonyl (C=O) groups is 1. The highest BCUT2D eigenvalue weighted by molar-refractivity contribution is 7.89. The maximum absolute atomic E-state index is 11.8. The van der Waals surface area contributed by atoms with E-state index in [0.29, 0.717) is 18.0 Å². The number of urea groups is 1. The van der Waals surface area contributed by atoms with Gasteiger partial charge in [0.2, 0.25) is 10.0 Å². The summed E-state index contributed by atoms with van der Waals surface area (Å²) in [6, 6.07) is 12.5. The molecule has 0 bridgehead atoms.